The molecule has 0 amide bonds. The number of H-pyrrole nitrogens is 1. The van der Waals surface area contributed by atoms with Crippen LogP contribution in [-0.2, 0) is 16.0 Å². The van der Waals surface area contributed by atoms with E-state index in [4.69, 9.17) is 0 Å². The van der Waals surface area contributed by atoms with E-state index in [-0.39, 0.29) is 17.0 Å². The van der Waals surface area contributed by atoms with Gasteiger partial charge in [-0.15, -0.1) is 10.2 Å². The number of halogens is 3. The number of nitrogens with zero attached hydrogens (tertiary/aromatic N) is 4. The summed E-state index contributed by atoms with van der Waals surface area (Å²) in [5, 5.41) is 13.7. The molecule has 11 heteroatoms. The van der Waals surface area contributed by atoms with E-state index >= 15 is 0 Å². The van der Waals surface area contributed by atoms with Crippen LogP contribution in [-0.4, -0.2) is 40.3 Å². The molecule has 7 nitrogen and oxygen atoms in total. The van der Waals surface area contributed by atoms with Crippen molar-refractivity contribution in [2.24, 2.45) is 0 Å². The topological polar surface area (TPSA) is 101 Å². The largest absolute Gasteiger partial charge is 0.417 e. The third kappa shape index (κ3) is 3.33. The fourth-order valence-electron chi connectivity index (χ4n) is 3.24. The van der Waals surface area contributed by atoms with Crippen LogP contribution in [0.5, 0.6) is 0 Å². The quantitative estimate of drug-likeness (QED) is 0.545. The van der Waals surface area contributed by atoms with Gasteiger partial charge in [-0.05, 0) is 34.5 Å². The van der Waals surface area contributed by atoms with Gasteiger partial charge in [0.1, 0.15) is 0 Å². The SMILES string of the molecule is CS(=O)(=O)c1c(C(F)(F)F)ccc(-c2cccc3ncccc23)c1-c1nn[nH]n1. The Morgan fingerprint density at radius 2 is 1.79 bits per heavy atom. The van der Waals surface area contributed by atoms with Crippen LogP contribution in [0.2, 0.25) is 0 Å². The lowest BCUT2D eigenvalue weighted by atomic mass is 9.94. The highest BCUT2D eigenvalue weighted by atomic mass is 32.2. The molecule has 0 saturated heterocycles. The molecule has 2 aromatic heterocycles. The highest BCUT2D eigenvalue weighted by Gasteiger charge is 2.39. The van der Waals surface area contributed by atoms with Gasteiger partial charge in [-0.2, -0.15) is 18.4 Å². The Labute approximate surface area is 162 Å². The summed E-state index contributed by atoms with van der Waals surface area (Å²) in [6.45, 7) is 0. The molecule has 0 spiro atoms. The number of sulfone groups is 1. The second-order valence-corrected chi connectivity index (χ2v) is 8.20. The van der Waals surface area contributed by atoms with Crippen LogP contribution in [0.3, 0.4) is 0 Å². The third-order valence-corrected chi connectivity index (χ3v) is 5.50. The number of nitrogens with one attached hydrogen (secondary N) is 1. The summed E-state index contributed by atoms with van der Waals surface area (Å²) in [7, 11) is -4.31. The summed E-state index contributed by atoms with van der Waals surface area (Å²) in [4.78, 5) is 3.34. The lowest BCUT2D eigenvalue weighted by Crippen LogP contribution is -2.15. The maximum absolute atomic E-state index is 13.6. The average molecular weight is 419 g/mol. The van der Waals surface area contributed by atoms with Gasteiger partial charge in [0.05, 0.1) is 21.5 Å². The van der Waals surface area contributed by atoms with Gasteiger partial charge in [-0.25, -0.2) is 8.42 Å². The fraction of sp³-hybridized carbons (Fsp3) is 0.111. The third-order valence-electron chi connectivity index (χ3n) is 4.34. The number of aromatic nitrogens is 5. The van der Waals surface area contributed by atoms with Gasteiger partial charge in [0.25, 0.3) is 0 Å². The van der Waals surface area contributed by atoms with Gasteiger partial charge < -0.3 is 0 Å². The van der Waals surface area contributed by atoms with E-state index in [2.05, 4.69) is 25.6 Å². The molecule has 0 radical (unpaired) electrons. The van der Waals surface area contributed by atoms with E-state index in [1.165, 1.54) is 6.07 Å². The number of benzene rings is 2. The van der Waals surface area contributed by atoms with Crippen molar-refractivity contribution in [1.29, 1.82) is 0 Å². The Balaban J connectivity index is 2.19. The predicted molar refractivity (Wildman–Crippen MR) is 98.5 cm³/mol. The van der Waals surface area contributed by atoms with E-state index in [0.29, 0.717) is 16.5 Å². The zero-order valence-corrected chi connectivity index (χ0v) is 15.6. The molecule has 4 rings (SSSR count). The first-order chi connectivity index (χ1) is 13.7. The number of rotatable bonds is 3. The molecule has 0 saturated carbocycles. The molecule has 4 aromatic rings. The summed E-state index contributed by atoms with van der Waals surface area (Å²) < 4.78 is 65.9. The molecule has 0 fully saturated rings. The van der Waals surface area contributed by atoms with Gasteiger partial charge in [0, 0.05) is 17.8 Å². The summed E-state index contributed by atoms with van der Waals surface area (Å²) in [6, 6.07) is 10.5. The number of hydrogen-bond acceptors (Lipinski definition) is 6. The molecule has 148 valence electrons. The normalized spacial score (nSPS) is 12.4. The van der Waals surface area contributed by atoms with E-state index in [1.807, 2.05) is 0 Å². The van der Waals surface area contributed by atoms with E-state index in [9.17, 15) is 21.6 Å². The zero-order valence-electron chi connectivity index (χ0n) is 14.8. The summed E-state index contributed by atoms with van der Waals surface area (Å²) in [5.74, 6) is -0.257. The Kier molecular flexibility index (Phi) is 4.34. The minimum atomic E-state index is -4.89. The molecule has 2 aromatic carbocycles. The molecule has 2 heterocycles. The van der Waals surface area contributed by atoms with Crippen molar-refractivity contribution in [1.82, 2.24) is 25.6 Å². The second kappa shape index (κ2) is 6.62. The van der Waals surface area contributed by atoms with Crippen molar-refractivity contribution < 1.29 is 21.6 Å². The summed E-state index contributed by atoms with van der Waals surface area (Å²) in [6.07, 6.45) is -2.59. The van der Waals surface area contributed by atoms with Crippen LogP contribution in [0, 0.1) is 0 Å². The minimum Gasteiger partial charge on any atom is -0.256 e. The number of aromatic amines is 1. The highest BCUT2D eigenvalue weighted by molar-refractivity contribution is 7.91. The molecule has 0 bridgehead atoms. The maximum Gasteiger partial charge on any atom is 0.417 e. The number of fused-ring (bicyclic) bond motifs is 1. The number of alkyl halides is 3. The van der Waals surface area contributed by atoms with E-state index in [0.717, 1.165) is 12.3 Å². The molecule has 0 unspecified atom stereocenters. The summed E-state index contributed by atoms with van der Waals surface area (Å²) in [5.41, 5.74) is -0.244. The number of tetrazole rings is 1. The monoisotopic (exact) mass is 419 g/mol. The van der Waals surface area contributed by atoms with Gasteiger partial charge in [-0.1, -0.05) is 24.3 Å². The van der Waals surface area contributed by atoms with Crippen molar-refractivity contribution in [2.75, 3.05) is 6.26 Å². The number of hydrogen-bond donors (Lipinski definition) is 1. The molecule has 0 aliphatic rings. The van der Waals surface area contributed by atoms with Crippen LogP contribution in [0.15, 0.2) is 53.6 Å². The van der Waals surface area contributed by atoms with Crippen LogP contribution in [0.1, 0.15) is 5.56 Å². The van der Waals surface area contributed by atoms with Crippen LogP contribution in [0.25, 0.3) is 33.4 Å². The first kappa shape index (κ1) is 19.0. The fourth-order valence-corrected chi connectivity index (χ4v) is 4.40. The van der Waals surface area contributed by atoms with Crippen LogP contribution >= 0.6 is 0 Å². The zero-order chi connectivity index (χ0) is 20.8. The highest BCUT2D eigenvalue weighted by Crippen LogP contribution is 2.44. The van der Waals surface area contributed by atoms with Crippen molar-refractivity contribution in [3.05, 3.63) is 54.2 Å². The van der Waals surface area contributed by atoms with Gasteiger partial charge in [0.2, 0.25) is 5.82 Å². The lowest BCUT2D eigenvalue weighted by Gasteiger charge is -2.18. The smallest absolute Gasteiger partial charge is 0.256 e. The minimum absolute atomic E-state index is 0.221. The van der Waals surface area contributed by atoms with E-state index < -0.39 is 26.5 Å². The standard InChI is InChI=1S/C18H12F3N5O2S/c1-29(27,28)16-13(18(19,20)21)8-7-12(15(16)17-23-25-26-24-17)10-4-2-6-14-11(10)5-3-9-22-14/h2-9H,1H3,(H,23,24,25,26). The van der Waals surface area contributed by atoms with E-state index in [1.54, 1.807) is 36.5 Å². The van der Waals surface area contributed by atoms with Crippen molar-refractivity contribution in [2.45, 2.75) is 11.1 Å². The molecular formula is C18H12F3N5O2S. The Bertz CT molecular complexity index is 1310. The van der Waals surface area contributed by atoms with Crippen molar-refractivity contribution >= 4 is 20.7 Å². The van der Waals surface area contributed by atoms with Crippen LogP contribution in [0.4, 0.5) is 13.2 Å². The molecule has 0 aliphatic heterocycles. The Morgan fingerprint density at radius 3 is 2.45 bits per heavy atom. The predicted octanol–water partition coefficient (Wildman–Crippen LogP) is 3.50. The Morgan fingerprint density at radius 1 is 1.00 bits per heavy atom. The van der Waals surface area contributed by atoms with Crippen LogP contribution < -0.4 is 0 Å². The Hall–Kier alpha value is -3.34. The number of pyridine rings is 1. The molecule has 0 atom stereocenters. The molecular weight excluding hydrogens is 407 g/mol. The molecule has 0 aliphatic carbocycles. The van der Waals surface area contributed by atoms with Gasteiger partial charge >= 0.3 is 6.18 Å². The first-order valence-corrected chi connectivity index (χ1v) is 10.1. The van der Waals surface area contributed by atoms with Crippen molar-refractivity contribution in [3.8, 4) is 22.5 Å². The molecule has 29 heavy (non-hydrogen) atoms. The van der Waals surface area contributed by atoms with Gasteiger partial charge in [-0.3, -0.25) is 4.98 Å². The van der Waals surface area contributed by atoms with Crippen molar-refractivity contribution in [3.63, 3.8) is 0 Å². The lowest BCUT2D eigenvalue weighted by molar-refractivity contribution is -0.139. The second-order valence-electron chi connectivity index (χ2n) is 6.25. The first-order valence-electron chi connectivity index (χ1n) is 8.20. The maximum atomic E-state index is 13.6. The molecule has 1 N–H and O–H groups in total. The summed E-state index contributed by atoms with van der Waals surface area (Å²) >= 11 is 0. The van der Waals surface area contributed by atoms with Gasteiger partial charge in [0.15, 0.2) is 9.84 Å². The average Bonchev–Trinajstić information content (AvgIpc) is 3.19.